The third-order valence-corrected chi connectivity index (χ3v) is 5.95. The number of nitrogens with zero attached hydrogens (tertiary/aromatic N) is 3. The quantitative estimate of drug-likeness (QED) is 0.728. The Morgan fingerprint density at radius 1 is 1.03 bits per heavy atom. The van der Waals surface area contributed by atoms with E-state index < -0.39 is 0 Å². The van der Waals surface area contributed by atoms with Crippen molar-refractivity contribution in [1.29, 1.82) is 0 Å². The number of benzene rings is 1. The van der Waals surface area contributed by atoms with Crippen molar-refractivity contribution < 1.29 is 14.3 Å². The molecule has 0 aliphatic carbocycles. The molecule has 3 heterocycles. The van der Waals surface area contributed by atoms with Gasteiger partial charge >= 0.3 is 0 Å². The molecular weight excluding hydrogens is 378 g/mol. The molecule has 2 aliphatic heterocycles. The van der Waals surface area contributed by atoms with Gasteiger partial charge in [0.05, 0.1) is 6.61 Å². The maximum absolute atomic E-state index is 13.2. The largest absolute Gasteiger partial charge is 0.494 e. The number of carbonyl (C=O) groups is 2. The third-order valence-electron chi connectivity index (χ3n) is 5.95. The van der Waals surface area contributed by atoms with Gasteiger partial charge in [0.15, 0.2) is 0 Å². The van der Waals surface area contributed by atoms with Gasteiger partial charge < -0.3 is 14.5 Å². The molecule has 1 unspecified atom stereocenters. The standard InChI is InChI=1S/C24H29N3O3/c28-23-18-26(24(29)22-10-1-3-13-25-22)14-6-16-30-21-9-5-7-19(17-21)11-12-20-8-2-4-15-27(20)23/h1,3,5,7,9-10,13,17,20H,2,4,6,8,11-12,14-16,18H2. The summed E-state index contributed by atoms with van der Waals surface area (Å²) in [6.45, 7) is 1.82. The molecule has 30 heavy (non-hydrogen) atoms. The van der Waals surface area contributed by atoms with Gasteiger partial charge in [-0.1, -0.05) is 18.2 Å². The average Bonchev–Trinajstić information content (AvgIpc) is 2.79. The molecule has 0 N–H and O–H groups in total. The molecule has 1 aromatic carbocycles. The van der Waals surface area contributed by atoms with Crippen LogP contribution in [-0.4, -0.2) is 58.9 Å². The van der Waals surface area contributed by atoms with E-state index in [1.54, 1.807) is 29.3 Å². The van der Waals surface area contributed by atoms with Crippen LogP contribution in [0.5, 0.6) is 5.75 Å². The summed E-state index contributed by atoms with van der Waals surface area (Å²) < 4.78 is 5.91. The molecule has 0 spiro atoms. The van der Waals surface area contributed by atoms with Gasteiger partial charge in [-0.2, -0.15) is 0 Å². The van der Waals surface area contributed by atoms with Crippen LogP contribution >= 0.6 is 0 Å². The maximum Gasteiger partial charge on any atom is 0.272 e. The van der Waals surface area contributed by atoms with Gasteiger partial charge in [-0.15, -0.1) is 0 Å². The predicted octanol–water partition coefficient (Wildman–Crippen LogP) is 3.32. The number of carbonyl (C=O) groups excluding carboxylic acids is 2. The van der Waals surface area contributed by atoms with Crippen LogP contribution in [0.15, 0.2) is 48.7 Å². The molecule has 2 amide bonds. The van der Waals surface area contributed by atoms with Crippen LogP contribution in [0.3, 0.4) is 0 Å². The van der Waals surface area contributed by atoms with Crippen LogP contribution in [0.4, 0.5) is 0 Å². The van der Waals surface area contributed by atoms with Crippen molar-refractivity contribution in [3.05, 3.63) is 59.9 Å². The van der Waals surface area contributed by atoms with Gasteiger partial charge in [-0.05, 0) is 68.4 Å². The fourth-order valence-electron chi connectivity index (χ4n) is 4.36. The van der Waals surface area contributed by atoms with Crippen LogP contribution in [0, 0.1) is 0 Å². The van der Waals surface area contributed by atoms with Crippen molar-refractivity contribution in [2.75, 3.05) is 26.2 Å². The number of ether oxygens (including phenoxy) is 1. The topological polar surface area (TPSA) is 62.7 Å². The summed E-state index contributed by atoms with van der Waals surface area (Å²) in [6.07, 6.45) is 7.31. The average molecular weight is 408 g/mol. The molecule has 1 fully saturated rings. The molecule has 1 saturated heterocycles. The minimum absolute atomic E-state index is 0.0377. The highest BCUT2D eigenvalue weighted by molar-refractivity contribution is 5.95. The van der Waals surface area contributed by atoms with E-state index in [0.717, 1.165) is 44.4 Å². The van der Waals surface area contributed by atoms with Crippen molar-refractivity contribution in [3.8, 4) is 5.75 Å². The molecule has 2 aromatic rings. The Hall–Kier alpha value is -2.89. The van der Waals surface area contributed by atoms with Crippen molar-refractivity contribution in [2.24, 2.45) is 0 Å². The smallest absolute Gasteiger partial charge is 0.272 e. The minimum Gasteiger partial charge on any atom is -0.494 e. The van der Waals surface area contributed by atoms with Crippen LogP contribution in [0.2, 0.25) is 0 Å². The fraction of sp³-hybridized carbons (Fsp3) is 0.458. The summed E-state index contributed by atoms with van der Waals surface area (Å²) in [4.78, 5) is 34.1. The van der Waals surface area contributed by atoms with Crippen molar-refractivity contribution in [3.63, 3.8) is 0 Å². The summed E-state index contributed by atoms with van der Waals surface area (Å²) in [7, 11) is 0. The highest BCUT2D eigenvalue weighted by Crippen LogP contribution is 2.23. The molecule has 2 bridgehead atoms. The highest BCUT2D eigenvalue weighted by atomic mass is 16.5. The first-order valence-corrected chi connectivity index (χ1v) is 10.9. The Bertz CT molecular complexity index is 871. The van der Waals surface area contributed by atoms with Crippen LogP contribution in [-0.2, 0) is 11.2 Å². The van der Waals surface area contributed by atoms with E-state index in [1.807, 2.05) is 17.0 Å². The van der Waals surface area contributed by atoms with Gasteiger partial charge in [0.2, 0.25) is 5.91 Å². The Balaban J connectivity index is 1.57. The Kier molecular flexibility index (Phi) is 6.62. The zero-order valence-electron chi connectivity index (χ0n) is 17.3. The lowest BCUT2D eigenvalue weighted by atomic mass is 9.95. The van der Waals surface area contributed by atoms with Crippen molar-refractivity contribution in [2.45, 2.75) is 44.6 Å². The van der Waals surface area contributed by atoms with E-state index in [2.05, 4.69) is 17.1 Å². The van der Waals surface area contributed by atoms with E-state index in [9.17, 15) is 9.59 Å². The number of aromatic nitrogens is 1. The first-order valence-electron chi connectivity index (χ1n) is 10.9. The molecule has 0 saturated carbocycles. The molecule has 4 rings (SSSR count). The Labute approximate surface area is 177 Å². The van der Waals surface area contributed by atoms with Gasteiger partial charge in [0.1, 0.15) is 18.0 Å². The molecule has 6 nitrogen and oxygen atoms in total. The molecule has 1 aromatic heterocycles. The number of rotatable bonds is 1. The zero-order valence-corrected chi connectivity index (χ0v) is 17.3. The second-order valence-corrected chi connectivity index (χ2v) is 8.07. The molecule has 0 radical (unpaired) electrons. The second-order valence-electron chi connectivity index (χ2n) is 8.07. The second kappa shape index (κ2) is 9.74. The molecule has 158 valence electrons. The summed E-state index contributed by atoms with van der Waals surface area (Å²) in [5, 5.41) is 0. The summed E-state index contributed by atoms with van der Waals surface area (Å²) >= 11 is 0. The number of hydrogen-bond acceptors (Lipinski definition) is 4. The minimum atomic E-state index is -0.202. The number of amides is 2. The van der Waals surface area contributed by atoms with E-state index in [0.29, 0.717) is 25.3 Å². The Morgan fingerprint density at radius 3 is 2.83 bits per heavy atom. The predicted molar refractivity (Wildman–Crippen MR) is 114 cm³/mol. The number of pyridine rings is 1. The molecular formula is C24H29N3O3. The molecule has 2 aliphatic rings. The first-order chi connectivity index (χ1) is 14.7. The number of piperidine rings is 1. The van der Waals surface area contributed by atoms with Crippen molar-refractivity contribution in [1.82, 2.24) is 14.8 Å². The van der Waals surface area contributed by atoms with E-state index in [4.69, 9.17) is 4.74 Å². The fourth-order valence-corrected chi connectivity index (χ4v) is 4.36. The monoisotopic (exact) mass is 407 g/mol. The lowest BCUT2D eigenvalue weighted by Gasteiger charge is -2.37. The molecule has 1 atom stereocenters. The normalized spacial score (nSPS) is 20.7. The molecule has 6 heteroatoms. The van der Waals surface area contributed by atoms with Gasteiger partial charge in [0, 0.05) is 25.3 Å². The summed E-state index contributed by atoms with van der Waals surface area (Å²) in [5.74, 6) is 0.700. The first kappa shape index (κ1) is 20.4. The maximum atomic E-state index is 13.2. The van der Waals surface area contributed by atoms with E-state index in [-0.39, 0.29) is 24.4 Å². The number of fused-ring (bicyclic) bond motifs is 3. The highest BCUT2D eigenvalue weighted by Gasteiger charge is 2.29. The summed E-state index contributed by atoms with van der Waals surface area (Å²) in [5.41, 5.74) is 1.62. The van der Waals surface area contributed by atoms with Gasteiger partial charge in [0.25, 0.3) is 5.91 Å². The van der Waals surface area contributed by atoms with E-state index >= 15 is 0 Å². The van der Waals surface area contributed by atoms with Gasteiger partial charge in [-0.25, -0.2) is 0 Å². The van der Waals surface area contributed by atoms with Crippen LogP contribution < -0.4 is 4.74 Å². The van der Waals surface area contributed by atoms with Crippen LogP contribution in [0.1, 0.15) is 48.2 Å². The summed E-state index contributed by atoms with van der Waals surface area (Å²) in [6, 6.07) is 13.7. The Morgan fingerprint density at radius 2 is 1.97 bits per heavy atom. The van der Waals surface area contributed by atoms with Crippen LogP contribution in [0.25, 0.3) is 0 Å². The third kappa shape index (κ3) is 4.99. The van der Waals surface area contributed by atoms with E-state index in [1.165, 1.54) is 5.56 Å². The van der Waals surface area contributed by atoms with Crippen molar-refractivity contribution >= 4 is 11.8 Å². The lowest BCUT2D eigenvalue weighted by molar-refractivity contribution is -0.135. The number of hydrogen-bond donors (Lipinski definition) is 0. The SMILES string of the molecule is O=C(c1ccccn1)N1CCCOc2cccc(c2)CCC2CCCCN2C(=O)C1. The number of aryl methyl sites for hydroxylation is 1. The zero-order chi connectivity index (χ0) is 20.8. The van der Waals surface area contributed by atoms with Gasteiger partial charge in [-0.3, -0.25) is 14.6 Å². The lowest BCUT2D eigenvalue weighted by Crippen LogP contribution is -2.49.